The van der Waals surface area contributed by atoms with E-state index >= 15 is 0 Å². The van der Waals surface area contributed by atoms with Crippen molar-refractivity contribution in [2.45, 2.75) is 72.6 Å². The van der Waals surface area contributed by atoms with Crippen LogP contribution in [-0.2, 0) is 6.54 Å². The first-order valence-corrected chi connectivity index (χ1v) is 9.10. The van der Waals surface area contributed by atoms with Gasteiger partial charge >= 0.3 is 6.03 Å². The second-order valence-electron chi connectivity index (χ2n) is 8.08. The van der Waals surface area contributed by atoms with E-state index in [0.29, 0.717) is 17.9 Å². The molecule has 2 amide bonds. The molecule has 0 aliphatic heterocycles. The number of aromatic nitrogens is 4. The number of amides is 2. The summed E-state index contributed by atoms with van der Waals surface area (Å²) in [5.41, 5.74) is 0.399. The van der Waals surface area contributed by atoms with Crippen molar-refractivity contribution in [3.8, 4) is 0 Å². The Morgan fingerprint density at radius 1 is 1.19 bits per heavy atom. The molecular formula is C18H31N7O. The number of carbonyl (C=O) groups excluding carboxylic acids is 1. The monoisotopic (exact) mass is 361 g/mol. The molecule has 2 rings (SSSR count). The molecule has 2 N–H and O–H groups in total. The molecule has 0 radical (unpaired) electrons. The van der Waals surface area contributed by atoms with Crippen molar-refractivity contribution in [3.63, 3.8) is 0 Å². The van der Waals surface area contributed by atoms with Crippen LogP contribution in [0, 0.1) is 0 Å². The van der Waals surface area contributed by atoms with Crippen LogP contribution in [0.4, 0.5) is 10.6 Å². The van der Waals surface area contributed by atoms with E-state index in [1.807, 2.05) is 25.5 Å². The van der Waals surface area contributed by atoms with Crippen LogP contribution in [-0.4, -0.2) is 54.8 Å². The van der Waals surface area contributed by atoms with Crippen molar-refractivity contribution >= 4 is 22.9 Å². The molecule has 8 heteroatoms. The Kier molecular flexibility index (Phi) is 6.17. The summed E-state index contributed by atoms with van der Waals surface area (Å²) in [6.07, 6.45) is 3.16. The Bertz CT molecular complexity index is 738. The number of hydrogen-bond acceptors (Lipinski definition) is 5. The summed E-state index contributed by atoms with van der Waals surface area (Å²) >= 11 is 0. The average Bonchev–Trinajstić information content (AvgIpc) is 2.89. The van der Waals surface area contributed by atoms with Gasteiger partial charge in [-0.2, -0.15) is 5.10 Å². The van der Waals surface area contributed by atoms with Crippen LogP contribution < -0.4 is 10.6 Å². The molecule has 0 aromatic carbocycles. The van der Waals surface area contributed by atoms with E-state index in [1.165, 1.54) is 6.33 Å². The summed E-state index contributed by atoms with van der Waals surface area (Å²) in [6.45, 7) is 16.2. The lowest BCUT2D eigenvalue weighted by Gasteiger charge is -2.30. The van der Waals surface area contributed by atoms with Crippen molar-refractivity contribution in [3.05, 3.63) is 12.5 Å². The molecule has 2 heterocycles. The number of nitrogens with zero attached hydrogens (tertiary/aromatic N) is 5. The van der Waals surface area contributed by atoms with Gasteiger partial charge in [0.2, 0.25) is 0 Å². The molecule has 0 saturated heterocycles. The molecule has 0 saturated carbocycles. The summed E-state index contributed by atoms with van der Waals surface area (Å²) in [4.78, 5) is 23.1. The molecule has 0 atom stereocenters. The predicted molar refractivity (Wildman–Crippen MR) is 104 cm³/mol. The summed E-state index contributed by atoms with van der Waals surface area (Å²) in [5.74, 6) is 0.465. The minimum absolute atomic E-state index is 0.295. The van der Waals surface area contributed by atoms with Crippen molar-refractivity contribution < 1.29 is 4.79 Å². The molecule has 0 aliphatic rings. The fraction of sp³-hybridized carbons (Fsp3) is 0.667. The van der Waals surface area contributed by atoms with Crippen LogP contribution in [0.25, 0.3) is 11.0 Å². The number of anilines is 1. The van der Waals surface area contributed by atoms with Gasteiger partial charge in [0, 0.05) is 24.2 Å². The Hall–Kier alpha value is -2.22. The molecule has 144 valence electrons. The predicted octanol–water partition coefficient (Wildman–Crippen LogP) is 2.87. The zero-order chi connectivity index (χ0) is 19.5. The highest BCUT2D eigenvalue weighted by molar-refractivity contribution is 5.97. The molecule has 26 heavy (non-hydrogen) atoms. The normalized spacial score (nSPS) is 12.4. The fourth-order valence-electron chi connectivity index (χ4n) is 2.96. The lowest BCUT2D eigenvalue weighted by molar-refractivity contribution is 0.167. The maximum absolute atomic E-state index is 12.1. The summed E-state index contributed by atoms with van der Waals surface area (Å²) in [6, 6.07) is 0.630. The van der Waals surface area contributed by atoms with Gasteiger partial charge in [-0.15, -0.1) is 0 Å². The lowest BCUT2D eigenvalue weighted by Crippen LogP contribution is -2.43. The highest BCUT2D eigenvalue weighted by Gasteiger charge is 2.18. The minimum Gasteiger partial charge on any atom is -0.333 e. The number of urea groups is 1. The molecule has 0 fully saturated rings. The van der Waals surface area contributed by atoms with E-state index in [2.05, 4.69) is 58.3 Å². The van der Waals surface area contributed by atoms with E-state index in [1.54, 1.807) is 6.20 Å². The molecule has 8 nitrogen and oxygen atoms in total. The summed E-state index contributed by atoms with van der Waals surface area (Å²) in [7, 11) is 0. The summed E-state index contributed by atoms with van der Waals surface area (Å²) in [5, 5.41) is 10.8. The quantitative estimate of drug-likeness (QED) is 0.826. The first kappa shape index (κ1) is 20.1. The van der Waals surface area contributed by atoms with Crippen molar-refractivity contribution in [2.75, 3.05) is 11.9 Å². The second-order valence-corrected chi connectivity index (χ2v) is 8.08. The van der Waals surface area contributed by atoms with Gasteiger partial charge in [0.1, 0.15) is 12.1 Å². The van der Waals surface area contributed by atoms with Gasteiger partial charge < -0.3 is 5.32 Å². The Balaban J connectivity index is 2.16. The van der Waals surface area contributed by atoms with Gasteiger partial charge in [0.05, 0.1) is 18.1 Å². The molecule has 2 aromatic rings. The van der Waals surface area contributed by atoms with Crippen LogP contribution in [0.2, 0.25) is 0 Å². The maximum Gasteiger partial charge on any atom is 0.320 e. The molecule has 2 aromatic heterocycles. The van der Waals surface area contributed by atoms with Crippen LogP contribution in [0.1, 0.15) is 48.5 Å². The van der Waals surface area contributed by atoms with Gasteiger partial charge in [-0.3, -0.25) is 10.2 Å². The highest BCUT2D eigenvalue weighted by atomic mass is 16.2. The Labute approximate surface area is 155 Å². The standard InChI is InChI=1S/C18H31N7O/c1-12(2)24(13(3)4)8-9-25-16-14(10-21-25)15(19-11-20-16)22-17(26)23-18(5,6)7/h10-13H,8-9H2,1-7H3,(H2,19,20,22,23,26). The first-order valence-electron chi connectivity index (χ1n) is 9.10. The number of rotatable bonds is 6. The lowest BCUT2D eigenvalue weighted by atomic mass is 10.1. The van der Waals surface area contributed by atoms with Gasteiger partial charge in [-0.1, -0.05) is 0 Å². The number of fused-ring (bicyclic) bond motifs is 1. The van der Waals surface area contributed by atoms with Gasteiger partial charge in [0.15, 0.2) is 5.65 Å². The van der Waals surface area contributed by atoms with Crippen LogP contribution in [0.15, 0.2) is 12.5 Å². The Morgan fingerprint density at radius 2 is 1.85 bits per heavy atom. The van der Waals surface area contributed by atoms with Crippen LogP contribution in [0.3, 0.4) is 0 Å². The SMILES string of the molecule is CC(C)N(CCn1ncc2c(NC(=O)NC(C)(C)C)ncnc21)C(C)C. The number of carbonyl (C=O) groups is 1. The molecule has 0 unspecified atom stereocenters. The third kappa shape index (κ3) is 5.14. The largest absolute Gasteiger partial charge is 0.333 e. The van der Waals surface area contributed by atoms with Gasteiger partial charge in [-0.25, -0.2) is 19.4 Å². The Morgan fingerprint density at radius 3 is 2.42 bits per heavy atom. The zero-order valence-corrected chi connectivity index (χ0v) is 16.9. The molecular weight excluding hydrogens is 330 g/mol. The van der Waals surface area contributed by atoms with Gasteiger partial charge in [-0.05, 0) is 48.5 Å². The smallest absolute Gasteiger partial charge is 0.320 e. The van der Waals surface area contributed by atoms with E-state index in [9.17, 15) is 4.79 Å². The highest BCUT2D eigenvalue weighted by Crippen LogP contribution is 2.19. The number of hydrogen-bond donors (Lipinski definition) is 2. The average molecular weight is 361 g/mol. The van der Waals surface area contributed by atoms with Crippen molar-refractivity contribution in [2.24, 2.45) is 0 Å². The zero-order valence-electron chi connectivity index (χ0n) is 16.9. The molecule has 0 aliphatic carbocycles. The molecule has 0 bridgehead atoms. The van der Waals surface area contributed by atoms with Crippen molar-refractivity contribution in [1.29, 1.82) is 0 Å². The van der Waals surface area contributed by atoms with Crippen molar-refractivity contribution in [1.82, 2.24) is 30.0 Å². The fourth-order valence-corrected chi connectivity index (χ4v) is 2.96. The van der Waals surface area contributed by atoms with Crippen LogP contribution in [0.5, 0.6) is 0 Å². The molecule has 0 spiro atoms. The van der Waals surface area contributed by atoms with Crippen LogP contribution >= 0.6 is 0 Å². The second kappa shape index (κ2) is 7.99. The summed E-state index contributed by atoms with van der Waals surface area (Å²) < 4.78 is 1.86. The topological polar surface area (TPSA) is 88.0 Å². The van der Waals surface area contributed by atoms with E-state index in [0.717, 1.165) is 24.1 Å². The minimum atomic E-state index is -0.322. The van der Waals surface area contributed by atoms with Gasteiger partial charge in [0.25, 0.3) is 0 Å². The first-order chi connectivity index (χ1) is 12.1. The third-order valence-corrected chi connectivity index (χ3v) is 4.05. The van der Waals surface area contributed by atoms with E-state index in [4.69, 9.17) is 0 Å². The maximum atomic E-state index is 12.1. The number of nitrogens with one attached hydrogen (secondary N) is 2. The van der Waals surface area contributed by atoms with E-state index in [-0.39, 0.29) is 11.6 Å². The third-order valence-electron chi connectivity index (χ3n) is 4.05. The van der Waals surface area contributed by atoms with E-state index < -0.39 is 0 Å².